The number of carbonyl (C=O) groups excluding carboxylic acids is 1. The van der Waals surface area contributed by atoms with Crippen LogP contribution in [-0.4, -0.2) is 65.5 Å². The number of aryl methyl sites for hydroxylation is 1. The fraction of sp³-hybridized carbons (Fsp3) is 0.789. The fourth-order valence-electron chi connectivity index (χ4n) is 4.55. The molecule has 0 bridgehead atoms. The lowest BCUT2D eigenvalue weighted by Gasteiger charge is -2.48. The lowest BCUT2D eigenvalue weighted by molar-refractivity contribution is -0.122. The molecular formula is C19H32N4OS. The number of likely N-dealkylation sites (tertiary alicyclic amines) is 2. The Bertz CT molecular complexity index is 588. The van der Waals surface area contributed by atoms with E-state index in [1.165, 1.54) is 25.8 Å². The highest BCUT2D eigenvalue weighted by atomic mass is 32.1. The van der Waals surface area contributed by atoms with Crippen molar-refractivity contribution >= 4 is 17.2 Å². The summed E-state index contributed by atoms with van der Waals surface area (Å²) < 4.78 is 0. The van der Waals surface area contributed by atoms with Gasteiger partial charge in [-0.3, -0.25) is 9.69 Å². The molecule has 0 aliphatic carbocycles. The van der Waals surface area contributed by atoms with Crippen LogP contribution in [0.5, 0.6) is 0 Å². The smallest absolute Gasteiger partial charge is 0.226 e. The third-order valence-electron chi connectivity index (χ3n) is 5.86. The van der Waals surface area contributed by atoms with E-state index in [9.17, 15) is 4.79 Å². The Morgan fingerprint density at radius 1 is 1.44 bits per heavy atom. The highest BCUT2D eigenvalue weighted by Gasteiger charge is 2.49. The third kappa shape index (κ3) is 4.07. The largest absolute Gasteiger partial charge is 0.351 e. The van der Waals surface area contributed by atoms with Gasteiger partial charge in [-0.05, 0) is 52.2 Å². The normalized spacial score (nSPS) is 27.9. The second-order valence-corrected chi connectivity index (χ2v) is 8.52. The van der Waals surface area contributed by atoms with Gasteiger partial charge in [-0.1, -0.05) is 13.8 Å². The van der Waals surface area contributed by atoms with Gasteiger partial charge in [0.2, 0.25) is 5.91 Å². The van der Waals surface area contributed by atoms with E-state index in [4.69, 9.17) is 0 Å². The predicted octanol–water partition coefficient (Wildman–Crippen LogP) is 2.31. The molecule has 2 saturated heterocycles. The van der Waals surface area contributed by atoms with Crippen LogP contribution in [0.3, 0.4) is 0 Å². The number of amides is 1. The topological polar surface area (TPSA) is 48.5 Å². The van der Waals surface area contributed by atoms with Gasteiger partial charge >= 0.3 is 0 Å². The summed E-state index contributed by atoms with van der Waals surface area (Å²) in [7, 11) is 2.23. The van der Waals surface area contributed by atoms with Crippen LogP contribution in [0.4, 0.5) is 0 Å². The number of likely N-dealkylation sites (N-methyl/N-ethyl adjacent to an activating group) is 1. The summed E-state index contributed by atoms with van der Waals surface area (Å²) in [4.78, 5) is 22.2. The quantitative estimate of drug-likeness (QED) is 0.842. The van der Waals surface area contributed by atoms with E-state index in [1.54, 1.807) is 11.3 Å². The first-order valence-electron chi connectivity index (χ1n) is 9.73. The molecule has 1 N–H and O–H groups in total. The van der Waals surface area contributed by atoms with Crippen LogP contribution in [0.15, 0.2) is 5.38 Å². The molecule has 2 atom stereocenters. The van der Waals surface area contributed by atoms with Gasteiger partial charge in [0.05, 0.1) is 22.7 Å². The van der Waals surface area contributed by atoms with Gasteiger partial charge in [0.15, 0.2) is 0 Å². The molecule has 0 saturated carbocycles. The van der Waals surface area contributed by atoms with Gasteiger partial charge in [0.1, 0.15) is 0 Å². The molecule has 0 radical (unpaired) electrons. The molecule has 3 rings (SSSR count). The van der Waals surface area contributed by atoms with Crippen molar-refractivity contribution in [3.63, 3.8) is 0 Å². The van der Waals surface area contributed by atoms with Crippen molar-refractivity contribution in [2.45, 2.75) is 64.0 Å². The second kappa shape index (κ2) is 8.14. The van der Waals surface area contributed by atoms with Gasteiger partial charge in [0, 0.05) is 24.5 Å². The van der Waals surface area contributed by atoms with Crippen LogP contribution in [0.25, 0.3) is 0 Å². The Labute approximate surface area is 155 Å². The molecule has 2 unspecified atom stereocenters. The van der Waals surface area contributed by atoms with Crippen molar-refractivity contribution in [2.24, 2.45) is 0 Å². The number of piperidine rings is 1. The molecule has 6 heteroatoms. The molecule has 5 nitrogen and oxygen atoms in total. The maximum atomic E-state index is 12.6. The molecule has 140 valence electrons. The van der Waals surface area contributed by atoms with Gasteiger partial charge in [0.25, 0.3) is 0 Å². The van der Waals surface area contributed by atoms with Crippen molar-refractivity contribution in [2.75, 3.05) is 33.2 Å². The first kappa shape index (κ1) is 18.8. The number of rotatable bonds is 6. The summed E-state index contributed by atoms with van der Waals surface area (Å²) in [5, 5.41) is 6.51. The summed E-state index contributed by atoms with van der Waals surface area (Å²) in [5.74, 6) is 0.125. The minimum absolute atomic E-state index is 0.111. The van der Waals surface area contributed by atoms with Gasteiger partial charge in [-0.15, -0.1) is 11.3 Å². The average molecular weight is 365 g/mol. The van der Waals surface area contributed by atoms with E-state index in [1.807, 2.05) is 5.38 Å². The summed E-state index contributed by atoms with van der Waals surface area (Å²) in [6.45, 7) is 8.86. The van der Waals surface area contributed by atoms with Crippen LogP contribution < -0.4 is 5.32 Å². The zero-order valence-electron chi connectivity index (χ0n) is 15.9. The van der Waals surface area contributed by atoms with E-state index in [2.05, 4.69) is 41.0 Å². The van der Waals surface area contributed by atoms with Gasteiger partial charge < -0.3 is 10.2 Å². The van der Waals surface area contributed by atoms with Crippen molar-refractivity contribution < 1.29 is 4.79 Å². The second-order valence-electron chi connectivity index (χ2n) is 7.58. The van der Waals surface area contributed by atoms with Crippen LogP contribution in [0.2, 0.25) is 0 Å². The van der Waals surface area contributed by atoms with Crippen LogP contribution in [0.1, 0.15) is 50.2 Å². The minimum Gasteiger partial charge on any atom is -0.351 e. The Balaban J connectivity index is 1.64. The monoisotopic (exact) mass is 364 g/mol. The Kier molecular flexibility index (Phi) is 6.12. The van der Waals surface area contributed by atoms with E-state index < -0.39 is 0 Å². The minimum atomic E-state index is 0.111. The lowest BCUT2D eigenvalue weighted by Crippen LogP contribution is -2.63. The summed E-state index contributed by atoms with van der Waals surface area (Å²) >= 11 is 1.66. The maximum Gasteiger partial charge on any atom is 0.226 e. The zero-order valence-corrected chi connectivity index (χ0v) is 16.7. The molecule has 0 aromatic carbocycles. The van der Waals surface area contributed by atoms with Gasteiger partial charge in [-0.25, -0.2) is 4.98 Å². The molecule has 2 fully saturated rings. The fourth-order valence-corrected chi connectivity index (χ4v) is 5.29. The molecule has 25 heavy (non-hydrogen) atoms. The number of carbonyl (C=O) groups is 1. The number of hydrogen-bond donors (Lipinski definition) is 1. The van der Waals surface area contributed by atoms with Crippen molar-refractivity contribution in [1.82, 2.24) is 20.1 Å². The predicted molar refractivity (Wildman–Crippen MR) is 103 cm³/mol. The number of hydrogen-bond acceptors (Lipinski definition) is 5. The van der Waals surface area contributed by atoms with Gasteiger partial charge in [-0.2, -0.15) is 0 Å². The van der Waals surface area contributed by atoms with Crippen LogP contribution in [0, 0.1) is 0 Å². The van der Waals surface area contributed by atoms with E-state index >= 15 is 0 Å². The van der Waals surface area contributed by atoms with Crippen LogP contribution >= 0.6 is 11.3 Å². The standard InChI is InChI=1S/C19H32N4OS/c1-4-9-23-10-6-8-19(14-23)16(7-11-22(19)3)21-17(24)12-15-13-25-18(5-2)20-15/h13,16H,4-12,14H2,1-3H3,(H,21,24). The molecule has 1 spiro atoms. The van der Waals surface area contributed by atoms with E-state index in [-0.39, 0.29) is 17.5 Å². The molecule has 2 aliphatic rings. The number of nitrogens with zero attached hydrogens (tertiary/aromatic N) is 3. The van der Waals surface area contributed by atoms with E-state index in [0.29, 0.717) is 6.42 Å². The summed E-state index contributed by atoms with van der Waals surface area (Å²) in [5.41, 5.74) is 1.02. The lowest BCUT2D eigenvalue weighted by atomic mass is 9.82. The Hall–Kier alpha value is -0.980. The highest BCUT2D eigenvalue weighted by molar-refractivity contribution is 7.09. The summed E-state index contributed by atoms with van der Waals surface area (Å²) in [6.07, 6.45) is 6.01. The molecule has 2 aliphatic heterocycles. The molecular weight excluding hydrogens is 332 g/mol. The molecule has 1 aromatic rings. The Morgan fingerprint density at radius 2 is 2.28 bits per heavy atom. The maximum absolute atomic E-state index is 12.6. The van der Waals surface area contributed by atoms with Crippen molar-refractivity contribution in [3.8, 4) is 0 Å². The summed E-state index contributed by atoms with van der Waals surface area (Å²) in [6, 6.07) is 0.258. The average Bonchev–Trinajstić information content (AvgIpc) is 3.16. The van der Waals surface area contributed by atoms with Crippen molar-refractivity contribution in [3.05, 3.63) is 16.1 Å². The molecule has 3 heterocycles. The first-order valence-corrected chi connectivity index (χ1v) is 10.6. The third-order valence-corrected chi connectivity index (χ3v) is 6.90. The Morgan fingerprint density at radius 3 is 3.00 bits per heavy atom. The van der Waals surface area contributed by atoms with E-state index in [0.717, 1.165) is 43.2 Å². The highest BCUT2D eigenvalue weighted by Crippen LogP contribution is 2.36. The number of thiazole rings is 1. The SMILES string of the molecule is CCCN1CCCC2(C1)C(NC(=O)Cc1csc(CC)n1)CCN2C. The number of nitrogens with one attached hydrogen (secondary N) is 1. The molecule has 1 amide bonds. The zero-order chi connectivity index (χ0) is 17.9. The first-order chi connectivity index (χ1) is 12.1. The van der Waals surface area contributed by atoms with Crippen LogP contribution in [-0.2, 0) is 17.6 Å². The number of aromatic nitrogens is 1. The molecule has 1 aromatic heterocycles. The van der Waals surface area contributed by atoms with Crippen molar-refractivity contribution in [1.29, 1.82) is 0 Å².